The van der Waals surface area contributed by atoms with Crippen LogP contribution in [0.5, 0.6) is 0 Å². The SMILES string of the molecule is Cc1nc(Cl)nc2c1n(C)c(=O)n2C1CC(C)C1. The van der Waals surface area contributed by atoms with Crippen molar-refractivity contribution in [3.8, 4) is 0 Å². The van der Waals surface area contributed by atoms with Crippen molar-refractivity contribution in [3.63, 3.8) is 0 Å². The molecule has 2 aromatic heterocycles. The standard InChI is InChI=1S/C12H15ClN4O/c1-6-4-8(5-6)17-10-9(16(3)12(17)18)7(2)14-11(13)15-10/h6,8H,4-5H2,1-3H3. The summed E-state index contributed by atoms with van der Waals surface area (Å²) in [5.74, 6) is 0.676. The van der Waals surface area contributed by atoms with Gasteiger partial charge in [-0.3, -0.25) is 9.13 Å². The Balaban J connectivity index is 2.31. The van der Waals surface area contributed by atoms with Gasteiger partial charge in [-0.2, -0.15) is 4.98 Å². The minimum atomic E-state index is -0.0263. The number of hydrogen-bond acceptors (Lipinski definition) is 3. The highest BCUT2D eigenvalue weighted by Gasteiger charge is 2.31. The number of rotatable bonds is 1. The van der Waals surface area contributed by atoms with Crippen molar-refractivity contribution >= 4 is 22.8 Å². The van der Waals surface area contributed by atoms with Crippen LogP contribution in [0.25, 0.3) is 11.2 Å². The van der Waals surface area contributed by atoms with Gasteiger partial charge in [-0.15, -0.1) is 0 Å². The molecule has 0 aromatic carbocycles. The van der Waals surface area contributed by atoms with E-state index in [0.717, 1.165) is 24.1 Å². The fourth-order valence-corrected chi connectivity index (χ4v) is 3.03. The van der Waals surface area contributed by atoms with Crippen molar-refractivity contribution in [2.45, 2.75) is 32.7 Å². The summed E-state index contributed by atoms with van der Waals surface area (Å²) in [6, 6.07) is 0.251. The molecular formula is C12H15ClN4O. The van der Waals surface area contributed by atoms with Crippen molar-refractivity contribution in [2.24, 2.45) is 13.0 Å². The van der Waals surface area contributed by atoms with Crippen molar-refractivity contribution in [2.75, 3.05) is 0 Å². The van der Waals surface area contributed by atoms with E-state index >= 15 is 0 Å². The smallest absolute Gasteiger partial charge is 0.292 e. The molecule has 0 bridgehead atoms. The summed E-state index contributed by atoms with van der Waals surface area (Å²) in [6.07, 6.45) is 2.05. The lowest BCUT2D eigenvalue weighted by molar-refractivity contribution is 0.215. The summed E-state index contributed by atoms with van der Waals surface area (Å²) in [5.41, 5.74) is 2.16. The van der Waals surface area contributed by atoms with Crippen LogP contribution in [0.3, 0.4) is 0 Å². The Morgan fingerprint density at radius 3 is 2.61 bits per heavy atom. The van der Waals surface area contributed by atoms with Crippen LogP contribution in [0.1, 0.15) is 31.5 Å². The first-order valence-electron chi connectivity index (χ1n) is 6.10. The second-order valence-electron chi connectivity index (χ2n) is 5.19. The maximum Gasteiger partial charge on any atom is 0.330 e. The lowest BCUT2D eigenvalue weighted by atomic mass is 9.82. The molecule has 18 heavy (non-hydrogen) atoms. The highest BCUT2D eigenvalue weighted by atomic mass is 35.5. The number of imidazole rings is 1. The molecule has 6 heteroatoms. The van der Waals surface area contributed by atoms with Crippen LogP contribution in [0.2, 0.25) is 5.28 Å². The molecule has 0 atom stereocenters. The fraction of sp³-hybridized carbons (Fsp3) is 0.583. The monoisotopic (exact) mass is 266 g/mol. The zero-order valence-corrected chi connectivity index (χ0v) is 11.4. The molecule has 2 aromatic rings. The van der Waals surface area contributed by atoms with E-state index in [1.54, 1.807) is 16.2 Å². The molecule has 0 amide bonds. The van der Waals surface area contributed by atoms with E-state index in [2.05, 4.69) is 16.9 Å². The molecule has 96 valence electrons. The van der Waals surface area contributed by atoms with E-state index in [0.29, 0.717) is 11.6 Å². The Morgan fingerprint density at radius 1 is 1.33 bits per heavy atom. The third kappa shape index (κ3) is 1.50. The zero-order valence-electron chi connectivity index (χ0n) is 10.6. The van der Waals surface area contributed by atoms with Crippen molar-refractivity contribution in [1.29, 1.82) is 0 Å². The van der Waals surface area contributed by atoms with Gasteiger partial charge < -0.3 is 0 Å². The third-order valence-electron chi connectivity index (χ3n) is 3.78. The van der Waals surface area contributed by atoms with E-state index < -0.39 is 0 Å². The average molecular weight is 267 g/mol. The number of nitrogens with zero attached hydrogens (tertiary/aromatic N) is 4. The summed E-state index contributed by atoms with van der Waals surface area (Å²) in [4.78, 5) is 20.7. The molecule has 3 rings (SSSR count). The van der Waals surface area contributed by atoms with Crippen LogP contribution in [-0.4, -0.2) is 19.1 Å². The number of aryl methyl sites for hydroxylation is 2. The van der Waals surface area contributed by atoms with Crippen LogP contribution in [0, 0.1) is 12.8 Å². The van der Waals surface area contributed by atoms with Crippen LogP contribution in [-0.2, 0) is 7.05 Å². The van der Waals surface area contributed by atoms with Crippen molar-refractivity contribution < 1.29 is 0 Å². The Labute approximate surface area is 109 Å². The predicted molar refractivity (Wildman–Crippen MR) is 70.0 cm³/mol. The van der Waals surface area contributed by atoms with Gasteiger partial charge in [0.15, 0.2) is 5.65 Å². The van der Waals surface area contributed by atoms with Crippen molar-refractivity contribution in [1.82, 2.24) is 19.1 Å². The summed E-state index contributed by atoms with van der Waals surface area (Å²) in [5, 5.41) is 0.201. The molecule has 1 aliphatic carbocycles. The fourth-order valence-electron chi connectivity index (χ4n) is 2.83. The van der Waals surface area contributed by atoms with Crippen LogP contribution >= 0.6 is 11.6 Å². The topological polar surface area (TPSA) is 52.7 Å². The van der Waals surface area contributed by atoms with Crippen LogP contribution < -0.4 is 5.69 Å². The summed E-state index contributed by atoms with van der Waals surface area (Å²) >= 11 is 5.91. The molecule has 0 N–H and O–H groups in total. The molecule has 1 aliphatic rings. The lowest BCUT2D eigenvalue weighted by Crippen LogP contribution is -2.33. The maximum atomic E-state index is 12.3. The van der Waals surface area contributed by atoms with E-state index in [9.17, 15) is 4.79 Å². The van der Waals surface area contributed by atoms with E-state index in [1.807, 2.05) is 6.92 Å². The molecule has 0 radical (unpaired) electrons. The molecule has 2 heterocycles. The van der Waals surface area contributed by atoms with Gasteiger partial charge in [0.25, 0.3) is 0 Å². The minimum absolute atomic E-state index is 0.0263. The zero-order chi connectivity index (χ0) is 13.0. The first-order chi connectivity index (χ1) is 8.49. The highest BCUT2D eigenvalue weighted by Crippen LogP contribution is 2.37. The highest BCUT2D eigenvalue weighted by molar-refractivity contribution is 6.28. The molecule has 1 fully saturated rings. The van der Waals surface area contributed by atoms with Gasteiger partial charge in [-0.1, -0.05) is 6.92 Å². The second-order valence-corrected chi connectivity index (χ2v) is 5.53. The van der Waals surface area contributed by atoms with Gasteiger partial charge in [0.05, 0.1) is 5.69 Å². The van der Waals surface area contributed by atoms with Crippen LogP contribution in [0.4, 0.5) is 0 Å². The first kappa shape index (κ1) is 11.7. The minimum Gasteiger partial charge on any atom is -0.292 e. The Hall–Kier alpha value is -1.36. The van der Waals surface area contributed by atoms with E-state index in [-0.39, 0.29) is 17.0 Å². The van der Waals surface area contributed by atoms with Gasteiger partial charge in [0.1, 0.15) is 5.52 Å². The lowest BCUT2D eigenvalue weighted by Gasteiger charge is -2.33. The van der Waals surface area contributed by atoms with Crippen LogP contribution in [0.15, 0.2) is 4.79 Å². The summed E-state index contributed by atoms with van der Waals surface area (Å²) in [7, 11) is 1.76. The maximum absolute atomic E-state index is 12.3. The third-order valence-corrected chi connectivity index (χ3v) is 3.95. The van der Waals surface area contributed by atoms with E-state index in [1.165, 1.54) is 0 Å². The van der Waals surface area contributed by atoms with Gasteiger partial charge >= 0.3 is 5.69 Å². The Morgan fingerprint density at radius 2 is 2.00 bits per heavy atom. The Kier molecular flexibility index (Phi) is 2.48. The Bertz CT molecular complexity index is 681. The molecule has 0 unspecified atom stereocenters. The molecule has 5 nitrogen and oxygen atoms in total. The summed E-state index contributed by atoms with van der Waals surface area (Å²) in [6.45, 7) is 4.04. The van der Waals surface area contributed by atoms with Gasteiger partial charge in [-0.05, 0) is 37.3 Å². The normalized spacial score (nSPS) is 23.3. The molecular weight excluding hydrogens is 252 g/mol. The van der Waals surface area contributed by atoms with E-state index in [4.69, 9.17) is 11.6 Å². The number of hydrogen-bond donors (Lipinski definition) is 0. The molecule has 1 saturated carbocycles. The van der Waals surface area contributed by atoms with Crippen molar-refractivity contribution in [3.05, 3.63) is 21.5 Å². The van der Waals surface area contributed by atoms with Gasteiger partial charge in [0.2, 0.25) is 5.28 Å². The predicted octanol–water partition coefficient (Wildman–Crippen LogP) is 2.06. The number of fused-ring (bicyclic) bond motifs is 1. The molecule has 0 saturated heterocycles. The second kappa shape index (κ2) is 3.82. The van der Waals surface area contributed by atoms with Gasteiger partial charge in [-0.25, -0.2) is 9.78 Å². The molecule has 0 aliphatic heterocycles. The first-order valence-corrected chi connectivity index (χ1v) is 6.48. The molecule has 0 spiro atoms. The largest absolute Gasteiger partial charge is 0.330 e. The summed E-state index contributed by atoms with van der Waals surface area (Å²) < 4.78 is 3.39. The number of aromatic nitrogens is 4. The quantitative estimate of drug-likeness (QED) is 0.743. The van der Waals surface area contributed by atoms with Gasteiger partial charge in [0, 0.05) is 13.1 Å². The average Bonchev–Trinajstić information content (AvgIpc) is 2.48. The number of halogens is 1.